The second kappa shape index (κ2) is 8.70. The number of amides is 1. The minimum atomic E-state index is -3.63. The van der Waals surface area contributed by atoms with Crippen LogP contribution < -0.4 is 5.69 Å². The summed E-state index contributed by atoms with van der Waals surface area (Å²) in [5.74, 6) is 0.340. The fourth-order valence-corrected chi connectivity index (χ4v) is 6.44. The van der Waals surface area contributed by atoms with Gasteiger partial charge in [-0.05, 0) is 56.7 Å². The Morgan fingerprint density at radius 2 is 1.94 bits per heavy atom. The summed E-state index contributed by atoms with van der Waals surface area (Å²) >= 11 is 0. The minimum absolute atomic E-state index is 0.0360. The Kier molecular flexibility index (Phi) is 6.16. The number of sulfonamides is 1. The van der Waals surface area contributed by atoms with Gasteiger partial charge in [0, 0.05) is 37.3 Å². The van der Waals surface area contributed by atoms with Crippen LogP contribution in [0.3, 0.4) is 0 Å². The molecule has 2 aliphatic heterocycles. The average Bonchev–Trinajstić information content (AvgIpc) is 2.75. The quantitative estimate of drug-likeness (QED) is 0.718. The van der Waals surface area contributed by atoms with Crippen LogP contribution in [-0.2, 0) is 21.4 Å². The van der Waals surface area contributed by atoms with Gasteiger partial charge in [0.15, 0.2) is 0 Å². The number of nitrogens with zero attached hydrogens (tertiary/aromatic N) is 4. The van der Waals surface area contributed by atoms with Crippen molar-refractivity contribution >= 4 is 26.8 Å². The van der Waals surface area contributed by atoms with Gasteiger partial charge >= 0.3 is 5.69 Å². The maximum absolute atomic E-state index is 13.2. The number of rotatable bonds is 4. The molecule has 1 aromatic carbocycles. The summed E-state index contributed by atoms with van der Waals surface area (Å²) in [6, 6.07) is 4.67. The summed E-state index contributed by atoms with van der Waals surface area (Å²) < 4.78 is 29.3. The van der Waals surface area contributed by atoms with Gasteiger partial charge < -0.3 is 4.90 Å². The van der Waals surface area contributed by atoms with Gasteiger partial charge in [-0.1, -0.05) is 13.3 Å². The smallest absolute Gasteiger partial charge is 0.341 e. The molecule has 0 N–H and O–H groups in total. The summed E-state index contributed by atoms with van der Waals surface area (Å²) in [4.78, 5) is 31.1. The molecular weight excluding hydrogens is 416 g/mol. The molecule has 2 fully saturated rings. The number of carbonyl (C=O) groups is 1. The van der Waals surface area contributed by atoms with Crippen molar-refractivity contribution in [2.75, 3.05) is 19.6 Å². The summed E-state index contributed by atoms with van der Waals surface area (Å²) in [6.45, 7) is 5.88. The van der Waals surface area contributed by atoms with Crippen LogP contribution in [0.2, 0.25) is 0 Å². The number of hydrogen-bond acceptors (Lipinski definition) is 5. The molecule has 2 aliphatic rings. The van der Waals surface area contributed by atoms with E-state index < -0.39 is 15.7 Å². The van der Waals surface area contributed by atoms with Gasteiger partial charge in [-0.25, -0.2) is 18.2 Å². The van der Waals surface area contributed by atoms with Gasteiger partial charge in [0.2, 0.25) is 15.9 Å². The Morgan fingerprint density at radius 3 is 2.68 bits per heavy atom. The molecule has 0 aliphatic carbocycles. The number of benzene rings is 1. The Labute approximate surface area is 182 Å². The Hall–Kier alpha value is -2.26. The maximum atomic E-state index is 13.2. The first-order chi connectivity index (χ1) is 14.8. The third kappa shape index (κ3) is 4.39. The van der Waals surface area contributed by atoms with E-state index in [2.05, 4.69) is 11.9 Å². The van der Waals surface area contributed by atoms with Gasteiger partial charge in [-0.2, -0.15) is 4.31 Å². The van der Waals surface area contributed by atoms with E-state index in [1.807, 2.05) is 6.92 Å². The van der Waals surface area contributed by atoms with E-state index >= 15 is 0 Å². The lowest BCUT2D eigenvalue weighted by atomic mass is 10.0. The molecule has 0 saturated carbocycles. The van der Waals surface area contributed by atoms with Gasteiger partial charge in [0.05, 0.1) is 10.4 Å². The van der Waals surface area contributed by atoms with Crippen molar-refractivity contribution in [2.24, 2.45) is 5.92 Å². The van der Waals surface area contributed by atoms with Crippen LogP contribution in [0.4, 0.5) is 0 Å². The number of likely N-dealkylation sites (tertiary alicyclic amines) is 1. The Morgan fingerprint density at radius 1 is 1.13 bits per heavy atom. The normalized spacial score (nSPS) is 23.2. The molecule has 168 valence electrons. The highest BCUT2D eigenvalue weighted by molar-refractivity contribution is 7.89. The van der Waals surface area contributed by atoms with Crippen LogP contribution in [-0.4, -0.2) is 58.8 Å². The van der Waals surface area contributed by atoms with Crippen molar-refractivity contribution < 1.29 is 13.2 Å². The zero-order valence-corrected chi connectivity index (χ0v) is 19.0. The lowest BCUT2D eigenvalue weighted by molar-refractivity contribution is -0.133. The molecule has 1 amide bonds. The Balaban J connectivity index is 1.65. The molecule has 2 aromatic rings. The van der Waals surface area contributed by atoms with Crippen molar-refractivity contribution in [3.63, 3.8) is 0 Å². The topological polar surface area (TPSA) is 92.6 Å². The van der Waals surface area contributed by atoms with Crippen molar-refractivity contribution in [2.45, 2.75) is 63.4 Å². The van der Waals surface area contributed by atoms with Crippen LogP contribution in [0, 0.1) is 5.92 Å². The van der Waals surface area contributed by atoms with E-state index in [0.29, 0.717) is 36.5 Å². The highest BCUT2D eigenvalue weighted by Gasteiger charge is 2.31. The number of carbonyl (C=O) groups excluding carboxylic acids is 1. The van der Waals surface area contributed by atoms with Crippen LogP contribution in [0.25, 0.3) is 10.9 Å². The fourth-order valence-electron chi connectivity index (χ4n) is 4.71. The van der Waals surface area contributed by atoms with E-state index in [1.165, 1.54) is 16.8 Å². The molecule has 4 rings (SSSR count). The molecule has 0 radical (unpaired) electrons. The van der Waals surface area contributed by atoms with E-state index in [-0.39, 0.29) is 23.4 Å². The summed E-state index contributed by atoms with van der Waals surface area (Å²) in [5, 5.41) is 0.533. The van der Waals surface area contributed by atoms with Gasteiger partial charge in [0.25, 0.3) is 0 Å². The first kappa shape index (κ1) is 22.0. The van der Waals surface area contributed by atoms with Crippen LogP contribution >= 0.6 is 0 Å². The van der Waals surface area contributed by atoms with Gasteiger partial charge in [0.1, 0.15) is 6.54 Å². The predicted molar refractivity (Wildman–Crippen MR) is 118 cm³/mol. The fraction of sp³-hybridized carbons (Fsp3) is 0.591. The van der Waals surface area contributed by atoms with Crippen LogP contribution in [0.5, 0.6) is 0 Å². The zero-order valence-electron chi connectivity index (χ0n) is 18.2. The number of piperidine rings is 2. The number of aromatic nitrogens is 2. The van der Waals surface area contributed by atoms with Crippen molar-refractivity contribution in [3.8, 4) is 0 Å². The first-order valence-corrected chi connectivity index (χ1v) is 12.5. The van der Waals surface area contributed by atoms with Crippen molar-refractivity contribution in [3.05, 3.63) is 34.9 Å². The first-order valence-electron chi connectivity index (χ1n) is 11.1. The average molecular weight is 447 g/mol. The van der Waals surface area contributed by atoms with Gasteiger partial charge in [-0.15, -0.1) is 0 Å². The molecule has 3 heterocycles. The minimum Gasteiger partial charge on any atom is -0.341 e. The molecule has 2 unspecified atom stereocenters. The molecule has 1 aromatic heterocycles. The van der Waals surface area contributed by atoms with E-state index in [1.54, 1.807) is 21.3 Å². The number of fused-ring (bicyclic) bond motifs is 1. The third-order valence-electron chi connectivity index (χ3n) is 6.49. The SMILES string of the molecule is CC1CCCN(C(=O)Cn2c(=O)ncc3cc(S(=O)(=O)N4CCCCC4C)ccc32)C1. The van der Waals surface area contributed by atoms with Crippen LogP contribution in [0.1, 0.15) is 46.0 Å². The largest absolute Gasteiger partial charge is 0.348 e. The molecule has 8 nitrogen and oxygen atoms in total. The second-order valence-corrected chi connectivity index (χ2v) is 10.8. The zero-order chi connectivity index (χ0) is 22.2. The second-order valence-electron chi connectivity index (χ2n) is 8.90. The van der Waals surface area contributed by atoms with E-state index in [9.17, 15) is 18.0 Å². The lowest BCUT2D eigenvalue weighted by Gasteiger charge is -2.32. The highest BCUT2D eigenvalue weighted by atomic mass is 32.2. The van der Waals surface area contributed by atoms with Crippen molar-refractivity contribution in [1.82, 2.24) is 18.8 Å². The monoisotopic (exact) mass is 446 g/mol. The van der Waals surface area contributed by atoms with Crippen LogP contribution in [0.15, 0.2) is 34.1 Å². The highest BCUT2D eigenvalue weighted by Crippen LogP contribution is 2.27. The molecule has 2 atom stereocenters. The molecule has 0 bridgehead atoms. The summed E-state index contributed by atoms with van der Waals surface area (Å²) in [7, 11) is -3.63. The predicted octanol–water partition coefficient (Wildman–Crippen LogP) is 2.22. The van der Waals surface area contributed by atoms with Gasteiger partial charge in [-0.3, -0.25) is 9.36 Å². The molecule has 0 spiro atoms. The van der Waals surface area contributed by atoms with E-state index in [0.717, 1.165) is 32.1 Å². The van der Waals surface area contributed by atoms with E-state index in [4.69, 9.17) is 0 Å². The maximum Gasteiger partial charge on any atom is 0.348 e. The molecule has 9 heteroatoms. The molecule has 2 saturated heterocycles. The van der Waals surface area contributed by atoms with Crippen molar-refractivity contribution in [1.29, 1.82) is 0 Å². The molecular formula is C22H30N4O4S. The third-order valence-corrected chi connectivity index (χ3v) is 8.50. The molecule has 31 heavy (non-hydrogen) atoms. The number of hydrogen-bond donors (Lipinski definition) is 0. The standard InChI is InChI=1S/C22H30N4O4S/c1-16-6-5-10-24(14-16)21(27)15-25-20-9-8-19(12-18(20)13-23-22(25)28)31(29,30)26-11-4-3-7-17(26)2/h8-9,12-13,16-17H,3-7,10-11,14-15H2,1-2H3. The lowest BCUT2D eigenvalue weighted by Crippen LogP contribution is -2.42. The Bertz CT molecular complexity index is 1140. The summed E-state index contributed by atoms with van der Waals surface area (Å²) in [6.07, 6.45) is 6.20. The summed E-state index contributed by atoms with van der Waals surface area (Å²) in [5.41, 5.74) is 0.00946.